The molecule has 1 aromatic heterocycles. The van der Waals surface area contributed by atoms with Crippen LogP contribution in [0.1, 0.15) is 29.9 Å². The van der Waals surface area contributed by atoms with E-state index >= 15 is 0 Å². The first-order valence-corrected chi connectivity index (χ1v) is 6.90. The lowest BCUT2D eigenvalue weighted by Gasteiger charge is -2.16. The summed E-state index contributed by atoms with van der Waals surface area (Å²) in [6.07, 6.45) is 0.973. The Kier molecular flexibility index (Phi) is 3.49. The largest absolute Gasteiger partial charge is 0.493 e. The highest BCUT2D eigenvalue weighted by molar-refractivity contribution is 6.28. The van der Waals surface area contributed by atoms with Gasteiger partial charge in [-0.2, -0.15) is 0 Å². The molecule has 3 nitrogen and oxygen atoms in total. The van der Waals surface area contributed by atoms with Crippen molar-refractivity contribution in [3.8, 4) is 5.75 Å². The predicted octanol–water partition coefficient (Wildman–Crippen LogP) is 3.57. The molecule has 1 aromatic carbocycles. The third kappa shape index (κ3) is 2.48. The van der Waals surface area contributed by atoms with Gasteiger partial charge in [-0.05, 0) is 53.5 Å². The van der Waals surface area contributed by atoms with Crippen LogP contribution in [0.4, 0.5) is 0 Å². The van der Waals surface area contributed by atoms with Crippen LogP contribution < -0.4 is 10.1 Å². The van der Waals surface area contributed by atoms with E-state index in [1.54, 1.807) is 6.07 Å². The molecule has 0 radical (unpaired) electrons. The molecule has 1 atom stereocenters. The van der Waals surface area contributed by atoms with Gasteiger partial charge in [0.25, 0.3) is 0 Å². The second-order valence-corrected chi connectivity index (χ2v) is 4.97. The van der Waals surface area contributed by atoms with Gasteiger partial charge in [-0.1, -0.05) is 13.0 Å². The third-order valence-electron chi connectivity index (χ3n) is 3.33. The molecule has 0 saturated carbocycles. The standard InChI is InChI=1S/C15H16ClNO2/c1-2-17-15(13-5-6-14(16)19-13)11-3-4-12-10(9-11)7-8-18-12/h3-6,9,15,17H,2,7-8H2,1H3. The second kappa shape index (κ2) is 5.27. The van der Waals surface area contributed by atoms with Crippen LogP contribution in [0.5, 0.6) is 5.75 Å². The summed E-state index contributed by atoms with van der Waals surface area (Å²) in [5.41, 5.74) is 2.44. The molecule has 100 valence electrons. The van der Waals surface area contributed by atoms with Gasteiger partial charge in [0.2, 0.25) is 0 Å². The van der Waals surface area contributed by atoms with E-state index < -0.39 is 0 Å². The topological polar surface area (TPSA) is 34.4 Å². The Bertz CT molecular complexity index is 579. The smallest absolute Gasteiger partial charge is 0.193 e. The minimum absolute atomic E-state index is 0.0309. The zero-order valence-electron chi connectivity index (χ0n) is 10.8. The highest BCUT2D eigenvalue weighted by Crippen LogP contribution is 2.31. The van der Waals surface area contributed by atoms with Crippen molar-refractivity contribution in [1.29, 1.82) is 0 Å². The summed E-state index contributed by atoms with van der Waals surface area (Å²) in [7, 11) is 0. The first kappa shape index (κ1) is 12.6. The van der Waals surface area contributed by atoms with Crippen LogP contribution in [0.3, 0.4) is 0 Å². The molecule has 1 aliphatic heterocycles. The molecule has 3 rings (SSSR count). The SMILES string of the molecule is CCNC(c1ccc2c(c1)CCO2)c1ccc(Cl)o1. The number of ether oxygens (including phenoxy) is 1. The van der Waals surface area contributed by atoms with E-state index in [1.807, 2.05) is 12.1 Å². The van der Waals surface area contributed by atoms with E-state index in [9.17, 15) is 0 Å². The van der Waals surface area contributed by atoms with Crippen LogP contribution in [-0.2, 0) is 6.42 Å². The van der Waals surface area contributed by atoms with Gasteiger partial charge in [0, 0.05) is 6.42 Å². The summed E-state index contributed by atoms with van der Waals surface area (Å²) < 4.78 is 11.1. The normalized spacial score (nSPS) is 15.1. The second-order valence-electron chi connectivity index (χ2n) is 4.60. The molecule has 1 N–H and O–H groups in total. The van der Waals surface area contributed by atoms with Crippen molar-refractivity contribution in [3.63, 3.8) is 0 Å². The summed E-state index contributed by atoms with van der Waals surface area (Å²) >= 11 is 5.87. The van der Waals surface area contributed by atoms with Crippen molar-refractivity contribution in [2.45, 2.75) is 19.4 Å². The summed E-state index contributed by atoms with van der Waals surface area (Å²) in [5, 5.41) is 3.85. The van der Waals surface area contributed by atoms with Crippen molar-refractivity contribution in [2.24, 2.45) is 0 Å². The molecule has 1 unspecified atom stereocenters. The molecule has 0 bridgehead atoms. The molecule has 1 aliphatic rings. The maximum absolute atomic E-state index is 5.87. The molecular formula is C15H16ClNO2. The van der Waals surface area contributed by atoms with Gasteiger partial charge in [-0.25, -0.2) is 0 Å². The fourth-order valence-corrected chi connectivity index (χ4v) is 2.61. The van der Waals surface area contributed by atoms with Gasteiger partial charge in [-0.3, -0.25) is 0 Å². The first-order valence-electron chi connectivity index (χ1n) is 6.52. The maximum Gasteiger partial charge on any atom is 0.193 e. The number of hydrogen-bond donors (Lipinski definition) is 1. The molecule has 0 aliphatic carbocycles. The molecule has 19 heavy (non-hydrogen) atoms. The summed E-state index contributed by atoms with van der Waals surface area (Å²) in [5.74, 6) is 1.84. The number of hydrogen-bond acceptors (Lipinski definition) is 3. The molecule has 0 saturated heterocycles. The Labute approximate surface area is 117 Å². The molecule has 0 spiro atoms. The minimum Gasteiger partial charge on any atom is -0.493 e. The van der Waals surface area contributed by atoms with Crippen molar-refractivity contribution in [3.05, 3.63) is 52.4 Å². The Morgan fingerprint density at radius 2 is 2.21 bits per heavy atom. The number of nitrogens with one attached hydrogen (secondary N) is 1. The summed E-state index contributed by atoms with van der Waals surface area (Å²) in [4.78, 5) is 0. The van der Waals surface area contributed by atoms with Gasteiger partial charge < -0.3 is 14.5 Å². The highest BCUT2D eigenvalue weighted by atomic mass is 35.5. The maximum atomic E-state index is 5.87. The van der Waals surface area contributed by atoms with Crippen LogP contribution in [0.2, 0.25) is 5.22 Å². The number of rotatable bonds is 4. The van der Waals surface area contributed by atoms with Gasteiger partial charge in [0.15, 0.2) is 5.22 Å². The van der Waals surface area contributed by atoms with Crippen molar-refractivity contribution < 1.29 is 9.15 Å². The first-order chi connectivity index (χ1) is 9.28. The Hall–Kier alpha value is -1.45. The fraction of sp³-hybridized carbons (Fsp3) is 0.333. The van der Waals surface area contributed by atoms with Gasteiger partial charge in [-0.15, -0.1) is 0 Å². The van der Waals surface area contributed by atoms with E-state index in [0.29, 0.717) is 5.22 Å². The molecule has 0 amide bonds. The van der Waals surface area contributed by atoms with Crippen LogP contribution in [0, 0.1) is 0 Å². The number of fused-ring (bicyclic) bond motifs is 1. The molecular weight excluding hydrogens is 262 g/mol. The van der Waals surface area contributed by atoms with E-state index in [2.05, 4.69) is 24.4 Å². The lowest BCUT2D eigenvalue weighted by molar-refractivity contribution is 0.356. The molecule has 2 aromatic rings. The van der Waals surface area contributed by atoms with E-state index in [4.69, 9.17) is 20.8 Å². The third-order valence-corrected chi connectivity index (χ3v) is 3.54. The van der Waals surface area contributed by atoms with Crippen molar-refractivity contribution >= 4 is 11.6 Å². The highest BCUT2D eigenvalue weighted by Gasteiger charge is 2.20. The average molecular weight is 278 g/mol. The van der Waals surface area contributed by atoms with Crippen molar-refractivity contribution in [2.75, 3.05) is 13.2 Å². The van der Waals surface area contributed by atoms with Gasteiger partial charge >= 0.3 is 0 Å². The molecule has 0 fully saturated rings. The quantitative estimate of drug-likeness (QED) is 0.928. The Balaban J connectivity index is 1.95. The lowest BCUT2D eigenvalue weighted by Crippen LogP contribution is -2.21. The predicted molar refractivity (Wildman–Crippen MR) is 74.9 cm³/mol. The monoisotopic (exact) mass is 277 g/mol. The molecule has 4 heteroatoms. The van der Waals surface area contributed by atoms with Crippen LogP contribution in [0.25, 0.3) is 0 Å². The van der Waals surface area contributed by atoms with Gasteiger partial charge in [0.1, 0.15) is 11.5 Å². The summed E-state index contributed by atoms with van der Waals surface area (Å²) in [6, 6.07) is 10.0. The van der Waals surface area contributed by atoms with Crippen LogP contribution in [-0.4, -0.2) is 13.2 Å². The van der Waals surface area contributed by atoms with E-state index in [1.165, 1.54) is 11.1 Å². The minimum atomic E-state index is 0.0309. The Morgan fingerprint density at radius 1 is 1.32 bits per heavy atom. The zero-order chi connectivity index (χ0) is 13.2. The van der Waals surface area contributed by atoms with Gasteiger partial charge in [0.05, 0.1) is 12.6 Å². The number of halogens is 1. The number of furan rings is 1. The summed E-state index contributed by atoms with van der Waals surface area (Å²) in [6.45, 7) is 3.71. The fourth-order valence-electron chi connectivity index (χ4n) is 2.46. The lowest BCUT2D eigenvalue weighted by atomic mass is 10.0. The van der Waals surface area contributed by atoms with E-state index in [0.717, 1.165) is 31.1 Å². The van der Waals surface area contributed by atoms with Crippen molar-refractivity contribution in [1.82, 2.24) is 5.32 Å². The zero-order valence-corrected chi connectivity index (χ0v) is 11.5. The Morgan fingerprint density at radius 3 is 2.95 bits per heavy atom. The average Bonchev–Trinajstić information content (AvgIpc) is 3.03. The molecule has 2 heterocycles. The number of benzene rings is 1. The van der Waals surface area contributed by atoms with Crippen LogP contribution >= 0.6 is 11.6 Å². The van der Waals surface area contributed by atoms with E-state index in [-0.39, 0.29) is 6.04 Å². The van der Waals surface area contributed by atoms with Crippen LogP contribution in [0.15, 0.2) is 34.7 Å².